The van der Waals surface area contributed by atoms with Crippen LogP contribution in [0.25, 0.3) is 0 Å². The van der Waals surface area contributed by atoms with Crippen molar-refractivity contribution in [3.8, 4) is 0 Å². The standard InChI is InChI=1S/C9H16N4OS/c1-6(2)7-10-13(8(14)11(3)4)9(15)12(7)5/h6H,1-5H3. The van der Waals surface area contributed by atoms with Crippen LogP contribution in [0.4, 0.5) is 4.79 Å². The molecule has 1 rings (SSSR count). The fourth-order valence-corrected chi connectivity index (χ4v) is 1.48. The zero-order valence-corrected chi connectivity index (χ0v) is 10.5. The zero-order valence-electron chi connectivity index (χ0n) is 9.68. The van der Waals surface area contributed by atoms with Gasteiger partial charge in [0.1, 0.15) is 5.82 Å². The van der Waals surface area contributed by atoms with Crippen LogP contribution in [-0.4, -0.2) is 39.4 Å². The first kappa shape index (κ1) is 11.9. The normalized spacial score (nSPS) is 10.8. The molecule has 6 heteroatoms. The van der Waals surface area contributed by atoms with Crippen LogP contribution in [0, 0.1) is 4.77 Å². The Bertz CT molecular complexity index is 430. The molecule has 0 spiro atoms. The van der Waals surface area contributed by atoms with Crippen molar-refractivity contribution in [2.24, 2.45) is 7.05 Å². The van der Waals surface area contributed by atoms with E-state index in [-0.39, 0.29) is 11.9 Å². The molecule has 0 aliphatic heterocycles. The van der Waals surface area contributed by atoms with Crippen molar-refractivity contribution < 1.29 is 4.79 Å². The van der Waals surface area contributed by atoms with Crippen molar-refractivity contribution in [3.63, 3.8) is 0 Å². The Morgan fingerprint density at radius 2 is 2.00 bits per heavy atom. The van der Waals surface area contributed by atoms with Gasteiger partial charge >= 0.3 is 6.03 Å². The molecule has 0 atom stereocenters. The van der Waals surface area contributed by atoms with Crippen LogP contribution in [0.1, 0.15) is 25.6 Å². The quantitative estimate of drug-likeness (QED) is 0.686. The van der Waals surface area contributed by atoms with Gasteiger partial charge in [-0.05, 0) is 12.2 Å². The molecule has 0 aliphatic rings. The molecule has 1 amide bonds. The number of carbonyl (C=O) groups is 1. The first-order valence-electron chi connectivity index (χ1n) is 4.73. The van der Waals surface area contributed by atoms with E-state index in [2.05, 4.69) is 5.10 Å². The van der Waals surface area contributed by atoms with Gasteiger partial charge in [-0.3, -0.25) is 0 Å². The summed E-state index contributed by atoms with van der Waals surface area (Å²) >= 11 is 5.14. The van der Waals surface area contributed by atoms with Crippen molar-refractivity contribution in [2.45, 2.75) is 19.8 Å². The molecule has 1 heterocycles. The van der Waals surface area contributed by atoms with Gasteiger partial charge < -0.3 is 9.47 Å². The minimum Gasteiger partial charge on any atom is -0.329 e. The Morgan fingerprint density at radius 3 is 2.33 bits per heavy atom. The molecule has 5 nitrogen and oxygen atoms in total. The summed E-state index contributed by atoms with van der Waals surface area (Å²) in [5, 5.41) is 4.21. The number of rotatable bonds is 1. The number of nitrogens with zero attached hydrogens (tertiary/aromatic N) is 4. The lowest BCUT2D eigenvalue weighted by atomic mass is 10.2. The summed E-state index contributed by atoms with van der Waals surface area (Å²) in [7, 11) is 5.17. The van der Waals surface area contributed by atoms with Crippen LogP contribution >= 0.6 is 12.2 Å². The van der Waals surface area contributed by atoms with E-state index in [1.807, 2.05) is 20.9 Å². The Morgan fingerprint density at radius 1 is 1.47 bits per heavy atom. The molecule has 84 valence electrons. The molecular weight excluding hydrogens is 212 g/mol. The Hall–Kier alpha value is -1.17. The lowest BCUT2D eigenvalue weighted by molar-refractivity contribution is 0.215. The first-order valence-corrected chi connectivity index (χ1v) is 5.14. The van der Waals surface area contributed by atoms with Gasteiger partial charge in [-0.15, -0.1) is 5.10 Å². The summed E-state index contributed by atoms with van der Waals surface area (Å²) in [6, 6.07) is -0.220. The van der Waals surface area contributed by atoms with Crippen LogP contribution in [-0.2, 0) is 7.05 Å². The molecule has 0 aromatic carbocycles. The summed E-state index contributed by atoms with van der Waals surface area (Å²) in [5.41, 5.74) is 0. The highest BCUT2D eigenvalue weighted by Gasteiger charge is 2.16. The van der Waals surface area contributed by atoms with E-state index < -0.39 is 0 Å². The van der Waals surface area contributed by atoms with Crippen LogP contribution < -0.4 is 0 Å². The molecule has 0 fully saturated rings. The third kappa shape index (κ3) is 2.09. The summed E-state index contributed by atoms with van der Waals surface area (Å²) < 4.78 is 3.45. The van der Waals surface area contributed by atoms with E-state index in [4.69, 9.17) is 12.2 Å². The Labute approximate surface area is 94.3 Å². The van der Waals surface area contributed by atoms with E-state index in [0.29, 0.717) is 4.77 Å². The fourth-order valence-electron chi connectivity index (χ4n) is 1.27. The molecule has 1 aromatic rings. The Kier molecular flexibility index (Phi) is 3.28. The molecule has 0 unspecified atom stereocenters. The predicted molar refractivity (Wildman–Crippen MR) is 60.6 cm³/mol. The maximum Gasteiger partial charge on any atom is 0.346 e. The van der Waals surface area contributed by atoms with Crippen molar-refractivity contribution in [2.75, 3.05) is 14.1 Å². The van der Waals surface area contributed by atoms with Crippen molar-refractivity contribution in [1.29, 1.82) is 0 Å². The maximum atomic E-state index is 11.7. The zero-order chi connectivity index (χ0) is 11.7. The van der Waals surface area contributed by atoms with Gasteiger partial charge in [0.2, 0.25) is 4.77 Å². The van der Waals surface area contributed by atoms with E-state index in [0.717, 1.165) is 5.82 Å². The second-order valence-electron chi connectivity index (χ2n) is 3.94. The minimum absolute atomic E-state index is 0.220. The Balaban J connectivity index is 3.29. The molecule has 0 N–H and O–H groups in total. The summed E-state index contributed by atoms with van der Waals surface area (Å²) in [6.07, 6.45) is 0. The second-order valence-corrected chi connectivity index (χ2v) is 4.31. The molecule has 0 saturated heterocycles. The van der Waals surface area contributed by atoms with E-state index in [1.165, 1.54) is 9.58 Å². The largest absolute Gasteiger partial charge is 0.346 e. The summed E-state index contributed by atoms with van der Waals surface area (Å²) in [4.78, 5) is 13.2. The van der Waals surface area contributed by atoms with Gasteiger partial charge in [0.25, 0.3) is 0 Å². The van der Waals surface area contributed by atoms with Gasteiger partial charge in [-0.25, -0.2) is 4.79 Å². The molecule has 0 saturated carbocycles. The fraction of sp³-hybridized carbons (Fsp3) is 0.667. The van der Waals surface area contributed by atoms with Crippen LogP contribution in [0.3, 0.4) is 0 Å². The molecular formula is C9H16N4OS. The topological polar surface area (TPSA) is 43.1 Å². The van der Waals surface area contributed by atoms with Crippen LogP contribution in [0.15, 0.2) is 0 Å². The highest BCUT2D eigenvalue weighted by atomic mass is 32.1. The lowest BCUT2D eigenvalue weighted by Crippen LogP contribution is -2.28. The van der Waals surface area contributed by atoms with Gasteiger partial charge in [-0.2, -0.15) is 4.68 Å². The molecule has 1 aromatic heterocycles. The van der Waals surface area contributed by atoms with Gasteiger partial charge in [0, 0.05) is 27.1 Å². The van der Waals surface area contributed by atoms with Gasteiger partial charge in [0.15, 0.2) is 0 Å². The third-order valence-electron chi connectivity index (χ3n) is 2.09. The maximum absolute atomic E-state index is 11.7. The monoisotopic (exact) mass is 228 g/mol. The van der Waals surface area contributed by atoms with Gasteiger partial charge in [-0.1, -0.05) is 13.8 Å². The first-order chi connectivity index (χ1) is 6.86. The summed E-state index contributed by atoms with van der Waals surface area (Å²) in [5.74, 6) is 1.06. The third-order valence-corrected chi connectivity index (χ3v) is 2.54. The second kappa shape index (κ2) is 4.14. The van der Waals surface area contributed by atoms with Crippen LogP contribution in [0.2, 0.25) is 0 Å². The van der Waals surface area contributed by atoms with E-state index in [9.17, 15) is 4.79 Å². The number of carbonyl (C=O) groups excluding carboxylic acids is 1. The van der Waals surface area contributed by atoms with Crippen molar-refractivity contribution in [3.05, 3.63) is 10.6 Å². The molecule has 0 aliphatic carbocycles. The molecule has 0 radical (unpaired) electrons. The highest BCUT2D eigenvalue weighted by Crippen LogP contribution is 2.11. The van der Waals surface area contributed by atoms with Gasteiger partial charge in [0.05, 0.1) is 0 Å². The average molecular weight is 228 g/mol. The summed E-state index contributed by atoms with van der Waals surface area (Å²) in [6.45, 7) is 4.03. The molecule has 15 heavy (non-hydrogen) atoms. The SMILES string of the molecule is CC(C)c1nn(C(=O)N(C)C)c(=S)n1C. The molecule has 0 bridgehead atoms. The minimum atomic E-state index is -0.220. The van der Waals surface area contributed by atoms with E-state index in [1.54, 1.807) is 18.7 Å². The number of hydrogen-bond acceptors (Lipinski definition) is 3. The van der Waals surface area contributed by atoms with E-state index >= 15 is 0 Å². The van der Waals surface area contributed by atoms with Crippen molar-refractivity contribution >= 4 is 18.2 Å². The van der Waals surface area contributed by atoms with Crippen LogP contribution in [0.5, 0.6) is 0 Å². The lowest BCUT2D eigenvalue weighted by Gasteiger charge is -2.08. The average Bonchev–Trinajstić information content (AvgIpc) is 2.43. The smallest absolute Gasteiger partial charge is 0.329 e. The van der Waals surface area contributed by atoms with Crippen molar-refractivity contribution in [1.82, 2.24) is 19.2 Å². The predicted octanol–water partition coefficient (Wildman–Crippen LogP) is 1.60. The number of amides is 1. The number of hydrogen-bond donors (Lipinski definition) is 0. The number of aromatic nitrogens is 3. The highest BCUT2D eigenvalue weighted by molar-refractivity contribution is 7.71.